The number of alkyl halides is 3. The third kappa shape index (κ3) is 3.89. The van der Waals surface area contributed by atoms with Crippen LogP contribution in [0.25, 0.3) is 10.9 Å². The third-order valence-corrected chi connectivity index (χ3v) is 6.06. The van der Waals surface area contributed by atoms with Crippen molar-refractivity contribution in [2.24, 2.45) is 0 Å². The summed E-state index contributed by atoms with van der Waals surface area (Å²) in [5.74, 6) is 0.160. The molecule has 2 N–H and O–H groups in total. The Labute approximate surface area is 187 Å². The number of nitrogens with two attached hydrogens (primary N) is 1. The van der Waals surface area contributed by atoms with E-state index in [0.717, 1.165) is 28.8 Å². The summed E-state index contributed by atoms with van der Waals surface area (Å²) in [7, 11) is 0. The van der Waals surface area contributed by atoms with Crippen LogP contribution in [0.4, 0.5) is 19.0 Å². The lowest BCUT2D eigenvalue weighted by molar-refractivity contribution is -0.137. The summed E-state index contributed by atoms with van der Waals surface area (Å²) in [4.78, 5) is 23.6. The van der Waals surface area contributed by atoms with Crippen molar-refractivity contribution in [2.75, 3.05) is 18.9 Å². The number of halogens is 3. The summed E-state index contributed by atoms with van der Waals surface area (Å²) < 4.78 is 50.0. The number of ether oxygens (including phenoxy) is 2. The molecule has 33 heavy (non-hydrogen) atoms. The molecule has 1 fully saturated rings. The second kappa shape index (κ2) is 7.96. The Kier molecular flexibility index (Phi) is 5.21. The molecule has 10 heteroatoms. The Morgan fingerprint density at radius 3 is 2.70 bits per heavy atom. The summed E-state index contributed by atoms with van der Waals surface area (Å²) in [6.07, 6.45) is -3.92. The van der Waals surface area contributed by atoms with E-state index in [-0.39, 0.29) is 25.2 Å². The third-order valence-electron chi connectivity index (χ3n) is 6.06. The SMILES string of the molecule is C[C@H]1CN(C(=O)c2ccc3nc(N)c4c(c3c2)COC4)[C@@H](c2ccc(C(F)(F)F)cn2)CO1. The number of hydrogen-bond acceptors (Lipinski definition) is 6. The van der Waals surface area contributed by atoms with E-state index in [0.29, 0.717) is 35.8 Å². The zero-order chi connectivity index (χ0) is 23.3. The number of pyridine rings is 2. The second-order valence-electron chi connectivity index (χ2n) is 8.27. The quantitative estimate of drug-likeness (QED) is 0.627. The van der Waals surface area contributed by atoms with E-state index < -0.39 is 17.8 Å². The molecule has 2 aromatic heterocycles. The van der Waals surface area contributed by atoms with Crippen LogP contribution in [-0.2, 0) is 28.9 Å². The molecule has 172 valence electrons. The first-order chi connectivity index (χ1) is 15.7. The molecule has 4 heterocycles. The molecule has 1 aromatic carbocycles. The van der Waals surface area contributed by atoms with Gasteiger partial charge in [0.25, 0.3) is 5.91 Å². The molecule has 0 saturated carbocycles. The van der Waals surface area contributed by atoms with Crippen molar-refractivity contribution in [1.29, 1.82) is 0 Å². The average molecular weight is 458 g/mol. The molecule has 2 aliphatic heterocycles. The lowest BCUT2D eigenvalue weighted by Crippen LogP contribution is -2.47. The van der Waals surface area contributed by atoms with Crippen molar-refractivity contribution in [3.8, 4) is 0 Å². The van der Waals surface area contributed by atoms with Crippen molar-refractivity contribution >= 4 is 22.6 Å². The normalized spacial score (nSPS) is 20.8. The van der Waals surface area contributed by atoms with Gasteiger partial charge in [-0.3, -0.25) is 9.78 Å². The van der Waals surface area contributed by atoms with Crippen molar-refractivity contribution in [3.05, 3.63) is 64.5 Å². The Bertz CT molecular complexity index is 1230. The fourth-order valence-electron chi connectivity index (χ4n) is 4.31. The van der Waals surface area contributed by atoms with E-state index in [1.165, 1.54) is 6.07 Å². The number of carbonyl (C=O) groups is 1. The second-order valence-corrected chi connectivity index (χ2v) is 8.27. The standard InChI is InChI=1S/C23H21F3N4O3/c1-12-8-30(20(11-33-12)19-5-3-14(7-28-19)23(24,25)26)22(31)13-2-4-18-15(6-13)16-9-32-10-17(16)21(27)29-18/h2-7,12,20H,8-11H2,1H3,(H2,27,29)/t12-,20+/m0/s1. The number of fused-ring (bicyclic) bond motifs is 3. The molecule has 2 aliphatic rings. The monoisotopic (exact) mass is 458 g/mol. The Morgan fingerprint density at radius 1 is 1.18 bits per heavy atom. The molecule has 1 amide bonds. The summed E-state index contributed by atoms with van der Waals surface area (Å²) in [6, 6.07) is 6.85. The number of benzene rings is 1. The van der Waals surface area contributed by atoms with Crippen LogP contribution in [-0.4, -0.2) is 40.0 Å². The fourth-order valence-corrected chi connectivity index (χ4v) is 4.31. The van der Waals surface area contributed by atoms with Crippen LogP contribution < -0.4 is 5.73 Å². The first-order valence-electron chi connectivity index (χ1n) is 10.5. The molecular weight excluding hydrogens is 437 g/mol. The van der Waals surface area contributed by atoms with Gasteiger partial charge in [0.15, 0.2) is 0 Å². The number of nitrogen functional groups attached to an aromatic ring is 1. The maximum atomic E-state index is 13.6. The Hall–Kier alpha value is -3.24. The smallest absolute Gasteiger partial charge is 0.383 e. The number of rotatable bonds is 2. The van der Waals surface area contributed by atoms with Gasteiger partial charge in [-0.25, -0.2) is 4.98 Å². The summed E-state index contributed by atoms with van der Waals surface area (Å²) in [6.45, 7) is 3.04. The van der Waals surface area contributed by atoms with Gasteiger partial charge in [0.2, 0.25) is 0 Å². The molecule has 3 aromatic rings. The van der Waals surface area contributed by atoms with E-state index in [4.69, 9.17) is 15.2 Å². The van der Waals surface area contributed by atoms with Crippen LogP contribution in [0.15, 0.2) is 36.5 Å². The maximum absolute atomic E-state index is 13.6. The van der Waals surface area contributed by atoms with Gasteiger partial charge < -0.3 is 20.1 Å². The van der Waals surface area contributed by atoms with E-state index in [1.807, 2.05) is 6.92 Å². The first-order valence-corrected chi connectivity index (χ1v) is 10.5. The summed E-state index contributed by atoms with van der Waals surface area (Å²) in [5, 5.41) is 0.799. The lowest BCUT2D eigenvalue weighted by Gasteiger charge is -2.38. The van der Waals surface area contributed by atoms with Crippen molar-refractivity contribution < 1.29 is 27.4 Å². The van der Waals surface area contributed by atoms with E-state index >= 15 is 0 Å². The number of nitrogens with zero attached hydrogens (tertiary/aromatic N) is 3. The zero-order valence-corrected chi connectivity index (χ0v) is 17.7. The molecule has 0 radical (unpaired) electrons. The van der Waals surface area contributed by atoms with E-state index in [9.17, 15) is 18.0 Å². The molecule has 0 spiro atoms. The summed E-state index contributed by atoms with van der Waals surface area (Å²) >= 11 is 0. The van der Waals surface area contributed by atoms with Gasteiger partial charge in [0.05, 0.1) is 48.7 Å². The predicted molar refractivity (Wildman–Crippen MR) is 113 cm³/mol. The first kappa shape index (κ1) is 21.6. The van der Waals surface area contributed by atoms with Crippen LogP contribution in [0.3, 0.4) is 0 Å². The minimum absolute atomic E-state index is 0.139. The largest absolute Gasteiger partial charge is 0.417 e. The number of aromatic nitrogens is 2. The van der Waals surface area contributed by atoms with Crippen LogP contribution in [0.2, 0.25) is 0 Å². The zero-order valence-electron chi connectivity index (χ0n) is 17.7. The molecule has 5 rings (SSSR count). The molecule has 0 bridgehead atoms. The number of anilines is 1. The van der Waals surface area contributed by atoms with E-state index in [1.54, 1.807) is 23.1 Å². The summed E-state index contributed by atoms with van der Waals surface area (Å²) in [5.41, 5.74) is 8.39. The highest BCUT2D eigenvalue weighted by Gasteiger charge is 2.35. The van der Waals surface area contributed by atoms with E-state index in [2.05, 4.69) is 9.97 Å². The number of amides is 1. The highest BCUT2D eigenvalue weighted by Crippen LogP contribution is 2.34. The fraction of sp³-hybridized carbons (Fsp3) is 0.348. The van der Waals surface area contributed by atoms with Gasteiger partial charge in [0, 0.05) is 29.3 Å². The molecule has 0 unspecified atom stereocenters. The molecule has 0 aliphatic carbocycles. The van der Waals surface area contributed by atoms with Crippen molar-refractivity contribution in [2.45, 2.75) is 38.5 Å². The number of carbonyl (C=O) groups excluding carboxylic acids is 1. The predicted octanol–water partition coefficient (Wildman–Crippen LogP) is 3.86. The molecule has 7 nitrogen and oxygen atoms in total. The topological polar surface area (TPSA) is 90.6 Å². The van der Waals surface area contributed by atoms with Crippen LogP contribution in [0.5, 0.6) is 0 Å². The van der Waals surface area contributed by atoms with Gasteiger partial charge in [-0.15, -0.1) is 0 Å². The number of morpholine rings is 1. The van der Waals surface area contributed by atoms with Crippen LogP contribution in [0, 0.1) is 0 Å². The Balaban J connectivity index is 1.50. The van der Waals surface area contributed by atoms with Gasteiger partial charge in [-0.2, -0.15) is 13.2 Å². The van der Waals surface area contributed by atoms with Crippen LogP contribution in [0.1, 0.15) is 45.7 Å². The van der Waals surface area contributed by atoms with Crippen LogP contribution >= 0.6 is 0 Å². The average Bonchev–Trinajstić information content (AvgIpc) is 3.29. The number of hydrogen-bond donors (Lipinski definition) is 1. The lowest BCUT2D eigenvalue weighted by atomic mass is 10.0. The van der Waals surface area contributed by atoms with Crippen molar-refractivity contribution in [1.82, 2.24) is 14.9 Å². The van der Waals surface area contributed by atoms with Gasteiger partial charge >= 0.3 is 6.18 Å². The van der Waals surface area contributed by atoms with Crippen molar-refractivity contribution in [3.63, 3.8) is 0 Å². The molecular formula is C23H21F3N4O3. The van der Waals surface area contributed by atoms with Gasteiger partial charge in [0.1, 0.15) is 5.82 Å². The minimum Gasteiger partial charge on any atom is -0.383 e. The Morgan fingerprint density at radius 2 is 1.97 bits per heavy atom. The maximum Gasteiger partial charge on any atom is 0.417 e. The highest BCUT2D eigenvalue weighted by atomic mass is 19.4. The van der Waals surface area contributed by atoms with Gasteiger partial charge in [-0.05, 0) is 42.8 Å². The molecule has 2 atom stereocenters. The van der Waals surface area contributed by atoms with Gasteiger partial charge in [-0.1, -0.05) is 0 Å². The molecule has 1 saturated heterocycles. The minimum atomic E-state index is -4.48. The highest BCUT2D eigenvalue weighted by molar-refractivity contribution is 5.99.